The van der Waals surface area contributed by atoms with Gasteiger partial charge >= 0.3 is 5.97 Å². The van der Waals surface area contributed by atoms with Crippen LogP contribution in [0.25, 0.3) is 0 Å². The predicted molar refractivity (Wildman–Crippen MR) is 71.3 cm³/mol. The molecule has 0 unspecified atom stereocenters. The minimum Gasteiger partial charge on any atom is -0.461 e. The number of hydrogen-bond donors (Lipinski definition) is 1. The van der Waals surface area contributed by atoms with Crippen LogP contribution in [0.5, 0.6) is 0 Å². The Morgan fingerprint density at radius 1 is 1.58 bits per heavy atom. The molecule has 6 nitrogen and oxygen atoms in total. The lowest BCUT2D eigenvalue weighted by Crippen LogP contribution is -2.15. The SMILES string of the molecule is Cc1nn(C)c(C(=O)OCCCC(C)(C)C#N)c1N. The fourth-order valence-corrected chi connectivity index (χ4v) is 1.72. The third-order valence-corrected chi connectivity index (χ3v) is 2.94. The molecule has 19 heavy (non-hydrogen) atoms. The van der Waals surface area contributed by atoms with Crippen LogP contribution >= 0.6 is 0 Å². The molecular weight excluding hydrogens is 244 g/mol. The van der Waals surface area contributed by atoms with E-state index in [1.807, 2.05) is 13.8 Å². The molecule has 2 N–H and O–H groups in total. The highest BCUT2D eigenvalue weighted by molar-refractivity contribution is 5.93. The van der Waals surface area contributed by atoms with Crippen LogP contribution in [0, 0.1) is 23.7 Å². The summed E-state index contributed by atoms with van der Waals surface area (Å²) in [6.45, 7) is 5.73. The van der Waals surface area contributed by atoms with Crippen LogP contribution in [0.2, 0.25) is 0 Å². The second-order valence-electron chi connectivity index (χ2n) is 5.21. The molecule has 0 aliphatic heterocycles. The average Bonchev–Trinajstić information content (AvgIpc) is 2.59. The fourth-order valence-electron chi connectivity index (χ4n) is 1.72. The Balaban J connectivity index is 2.51. The number of aromatic nitrogens is 2. The maximum Gasteiger partial charge on any atom is 0.358 e. The maximum atomic E-state index is 11.9. The zero-order valence-corrected chi connectivity index (χ0v) is 11.9. The number of anilines is 1. The standard InChI is InChI=1S/C13H20N4O2/c1-9-10(15)11(17(4)16-9)12(18)19-7-5-6-13(2,3)8-14/h5-7,15H2,1-4H3. The lowest BCUT2D eigenvalue weighted by molar-refractivity contribution is 0.0479. The van der Waals surface area contributed by atoms with Crippen molar-refractivity contribution in [2.24, 2.45) is 12.5 Å². The first-order valence-electron chi connectivity index (χ1n) is 6.16. The molecule has 1 aromatic heterocycles. The van der Waals surface area contributed by atoms with Gasteiger partial charge in [-0.2, -0.15) is 10.4 Å². The number of nitrogen functional groups attached to an aromatic ring is 1. The van der Waals surface area contributed by atoms with Crippen molar-refractivity contribution in [2.75, 3.05) is 12.3 Å². The number of ether oxygens (including phenoxy) is 1. The van der Waals surface area contributed by atoms with E-state index in [2.05, 4.69) is 11.2 Å². The summed E-state index contributed by atoms with van der Waals surface area (Å²) in [5, 5.41) is 12.9. The lowest BCUT2D eigenvalue weighted by atomic mass is 9.90. The van der Waals surface area contributed by atoms with Crippen LogP contribution in [0.1, 0.15) is 42.9 Å². The van der Waals surface area contributed by atoms with Gasteiger partial charge in [-0.15, -0.1) is 0 Å². The number of nitriles is 1. The Morgan fingerprint density at radius 2 is 2.21 bits per heavy atom. The molecule has 0 atom stereocenters. The van der Waals surface area contributed by atoms with Crippen LogP contribution in [0.4, 0.5) is 5.69 Å². The number of carbonyl (C=O) groups is 1. The summed E-state index contributed by atoms with van der Waals surface area (Å²) in [6.07, 6.45) is 1.32. The average molecular weight is 264 g/mol. The highest BCUT2D eigenvalue weighted by Gasteiger charge is 2.20. The summed E-state index contributed by atoms with van der Waals surface area (Å²) in [4.78, 5) is 11.9. The Bertz CT molecular complexity index is 511. The lowest BCUT2D eigenvalue weighted by Gasteiger charge is -2.14. The normalized spacial score (nSPS) is 11.1. The first-order valence-corrected chi connectivity index (χ1v) is 6.16. The smallest absolute Gasteiger partial charge is 0.358 e. The number of rotatable bonds is 5. The minimum absolute atomic E-state index is 0.271. The van der Waals surface area contributed by atoms with E-state index in [1.165, 1.54) is 4.68 Å². The molecule has 0 fully saturated rings. The van der Waals surface area contributed by atoms with E-state index in [0.717, 1.165) is 0 Å². The van der Waals surface area contributed by atoms with E-state index in [-0.39, 0.29) is 12.3 Å². The van der Waals surface area contributed by atoms with E-state index in [4.69, 9.17) is 15.7 Å². The zero-order valence-electron chi connectivity index (χ0n) is 11.9. The van der Waals surface area contributed by atoms with Crippen molar-refractivity contribution in [1.29, 1.82) is 5.26 Å². The molecule has 0 aliphatic rings. The fraction of sp³-hybridized carbons (Fsp3) is 0.615. The highest BCUT2D eigenvalue weighted by atomic mass is 16.5. The van der Waals surface area contributed by atoms with Crippen molar-refractivity contribution < 1.29 is 9.53 Å². The van der Waals surface area contributed by atoms with Gasteiger partial charge in [0.15, 0.2) is 5.69 Å². The maximum absolute atomic E-state index is 11.9. The first kappa shape index (κ1) is 15.0. The summed E-state index contributed by atoms with van der Waals surface area (Å²) in [6, 6.07) is 2.21. The molecule has 0 radical (unpaired) electrons. The monoisotopic (exact) mass is 264 g/mol. The Kier molecular flexibility index (Phi) is 4.54. The number of hydrogen-bond acceptors (Lipinski definition) is 5. The number of aryl methyl sites for hydroxylation is 2. The van der Waals surface area contributed by atoms with E-state index in [9.17, 15) is 4.79 Å². The molecular formula is C13H20N4O2. The third-order valence-electron chi connectivity index (χ3n) is 2.94. The molecule has 1 rings (SSSR count). The molecule has 1 aromatic rings. The molecule has 0 saturated heterocycles. The second kappa shape index (κ2) is 5.74. The van der Waals surface area contributed by atoms with Gasteiger partial charge in [0.25, 0.3) is 0 Å². The van der Waals surface area contributed by atoms with Gasteiger partial charge in [-0.1, -0.05) is 0 Å². The van der Waals surface area contributed by atoms with Crippen LogP contribution in [-0.4, -0.2) is 22.4 Å². The van der Waals surface area contributed by atoms with Gasteiger partial charge in [0.2, 0.25) is 0 Å². The summed E-state index contributed by atoms with van der Waals surface area (Å²) in [5.74, 6) is -0.477. The van der Waals surface area contributed by atoms with Crippen LogP contribution in [0.3, 0.4) is 0 Å². The summed E-state index contributed by atoms with van der Waals surface area (Å²) in [5.41, 5.74) is 6.62. The quantitative estimate of drug-likeness (QED) is 0.646. The van der Waals surface area contributed by atoms with Gasteiger partial charge in [-0.3, -0.25) is 4.68 Å². The highest BCUT2D eigenvalue weighted by Crippen LogP contribution is 2.21. The van der Waals surface area contributed by atoms with Gasteiger partial charge in [0.05, 0.1) is 29.5 Å². The Hall–Kier alpha value is -2.03. The molecule has 0 aliphatic carbocycles. The molecule has 0 amide bonds. The van der Waals surface area contributed by atoms with Gasteiger partial charge in [0.1, 0.15) is 0 Å². The second-order valence-corrected chi connectivity index (χ2v) is 5.21. The molecule has 0 saturated carbocycles. The molecule has 1 heterocycles. The topological polar surface area (TPSA) is 93.9 Å². The molecule has 104 valence electrons. The summed E-state index contributed by atoms with van der Waals surface area (Å²) >= 11 is 0. The van der Waals surface area contributed by atoms with Crippen LogP contribution in [0.15, 0.2) is 0 Å². The summed E-state index contributed by atoms with van der Waals surface area (Å²) in [7, 11) is 1.65. The van der Waals surface area contributed by atoms with Gasteiger partial charge < -0.3 is 10.5 Å². The largest absolute Gasteiger partial charge is 0.461 e. The molecule has 0 spiro atoms. The summed E-state index contributed by atoms with van der Waals surface area (Å²) < 4.78 is 6.58. The number of esters is 1. The number of nitrogens with two attached hydrogens (primary N) is 1. The van der Waals surface area contributed by atoms with E-state index >= 15 is 0 Å². The third kappa shape index (κ3) is 3.71. The van der Waals surface area contributed by atoms with Crippen LogP contribution < -0.4 is 5.73 Å². The van der Waals surface area contributed by atoms with Crippen molar-refractivity contribution in [1.82, 2.24) is 9.78 Å². The van der Waals surface area contributed by atoms with E-state index in [0.29, 0.717) is 24.2 Å². The zero-order chi connectivity index (χ0) is 14.6. The first-order chi connectivity index (χ1) is 8.78. The predicted octanol–water partition coefficient (Wildman–Crippen LogP) is 1.80. The molecule has 0 bridgehead atoms. The van der Waals surface area contributed by atoms with E-state index in [1.54, 1.807) is 14.0 Å². The van der Waals surface area contributed by atoms with Crippen molar-refractivity contribution in [3.05, 3.63) is 11.4 Å². The van der Waals surface area contributed by atoms with Crippen molar-refractivity contribution >= 4 is 11.7 Å². The Labute approximate surface area is 113 Å². The van der Waals surface area contributed by atoms with Crippen molar-refractivity contribution in [3.8, 4) is 6.07 Å². The number of carbonyl (C=O) groups excluding carboxylic acids is 1. The molecule has 0 aromatic carbocycles. The van der Waals surface area contributed by atoms with Gasteiger partial charge in [-0.25, -0.2) is 4.79 Å². The Morgan fingerprint density at radius 3 is 2.68 bits per heavy atom. The number of nitrogens with zero attached hydrogens (tertiary/aromatic N) is 3. The van der Waals surface area contributed by atoms with Crippen molar-refractivity contribution in [2.45, 2.75) is 33.6 Å². The van der Waals surface area contributed by atoms with Crippen molar-refractivity contribution in [3.63, 3.8) is 0 Å². The minimum atomic E-state index is -0.477. The van der Waals surface area contributed by atoms with E-state index < -0.39 is 11.4 Å². The van der Waals surface area contributed by atoms with Gasteiger partial charge in [-0.05, 0) is 33.6 Å². The van der Waals surface area contributed by atoms with Crippen LogP contribution in [-0.2, 0) is 11.8 Å². The molecule has 6 heteroatoms. The van der Waals surface area contributed by atoms with Gasteiger partial charge in [0, 0.05) is 7.05 Å².